The van der Waals surface area contributed by atoms with Crippen LogP contribution < -0.4 is 4.74 Å². The first-order valence-electron chi connectivity index (χ1n) is 4.91. The van der Waals surface area contributed by atoms with E-state index in [0.717, 1.165) is 17.9 Å². The lowest BCUT2D eigenvalue weighted by Gasteiger charge is -2.02. The summed E-state index contributed by atoms with van der Waals surface area (Å²) >= 11 is 0. The third kappa shape index (κ3) is 2.56. The summed E-state index contributed by atoms with van der Waals surface area (Å²) in [7, 11) is 1.67. The minimum atomic E-state index is 0.866. The quantitative estimate of drug-likeness (QED) is 0.758. The molecule has 0 aliphatic carbocycles. The molecule has 0 saturated carbocycles. The highest BCUT2D eigenvalue weighted by Crippen LogP contribution is 2.13. The smallest absolute Gasteiger partial charge is 0.118 e. The molecule has 0 unspecified atom stereocenters. The van der Waals surface area contributed by atoms with Crippen molar-refractivity contribution in [2.75, 3.05) is 7.11 Å². The molecule has 15 heavy (non-hydrogen) atoms. The maximum Gasteiger partial charge on any atom is 0.118 e. The van der Waals surface area contributed by atoms with Crippen LogP contribution in [0.15, 0.2) is 48.7 Å². The van der Waals surface area contributed by atoms with Gasteiger partial charge in [0.05, 0.1) is 7.11 Å². The molecule has 0 saturated heterocycles. The normalized spacial score (nSPS) is 9.93. The summed E-state index contributed by atoms with van der Waals surface area (Å²) in [5.41, 5.74) is 2.33. The van der Waals surface area contributed by atoms with Crippen LogP contribution in [-0.2, 0) is 6.42 Å². The molecule has 2 heteroatoms. The van der Waals surface area contributed by atoms with Crippen LogP contribution in [0.25, 0.3) is 0 Å². The molecular formula is C13H13NO. The molecule has 0 N–H and O–H groups in total. The number of hydrogen-bond donors (Lipinski definition) is 0. The molecule has 0 fully saturated rings. The Bertz CT molecular complexity index is 408. The number of aromatic nitrogens is 1. The number of ether oxygens (including phenoxy) is 1. The first-order valence-corrected chi connectivity index (χ1v) is 4.91. The zero-order chi connectivity index (χ0) is 10.5. The highest BCUT2D eigenvalue weighted by molar-refractivity contribution is 5.29. The number of benzene rings is 1. The van der Waals surface area contributed by atoms with E-state index >= 15 is 0 Å². The standard InChI is InChI=1S/C13H13NO/c1-15-13-7-5-11(6-8-13)10-12-4-2-3-9-14-12/h2-9H,10H2,1H3. The molecular weight excluding hydrogens is 186 g/mol. The largest absolute Gasteiger partial charge is 0.497 e. The second-order valence-electron chi connectivity index (χ2n) is 3.35. The SMILES string of the molecule is COc1ccc(Cc2ccccn2)cc1. The van der Waals surface area contributed by atoms with E-state index in [9.17, 15) is 0 Å². The van der Waals surface area contributed by atoms with E-state index < -0.39 is 0 Å². The topological polar surface area (TPSA) is 22.1 Å². The first kappa shape index (κ1) is 9.71. The predicted octanol–water partition coefficient (Wildman–Crippen LogP) is 2.68. The summed E-state index contributed by atoms with van der Waals surface area (Å²) < 4.78 is 5.10. The van der Waals surface area contributed by atoms with Crippen LogP contribution in [0.5, 0.6) is 5.75 Å². The Morgan fingerprint density at radius 1 is 1.07 bits per heavy atom. The fraction of sp³-hybridized carbons (Fsp3) is 0.154. The van der Waals surface area contributed by atoms with E-state index in [0.29, 0.717) is 0 Å². The lowest BCUT2D eigenvalue weighted by Crippen LogP contribution is -1.91. The molecule has 1 aromatic carbocycles. The lowest BCUT2D eigenvalue weighted by atomic mass is 10.1. The van der Waals surface area contributed by atoms with E-state index in [4.69, 9.17) is 4.74 Å². The molecule has 2 aromatic rings. The van der Waals surface area contributed by atoms with Gasteiger partial charge in [-0.3, -0.25) is 4.98 Å². The van der Waals surface area contributed by atoms with Crippen LogP contribution in [0.1, 0.15) is 11.3 Å². The summed E-state index contributed by atoms with van der Waals surface area (Å²) in [5, 5.41) is 0. The van der Waals surface area contributed by atoms with Gasteiger partial charge in [0.25, 0.3) is 0 Å². The molecule has 0 atom stereocenters. The number of hydrogen-bond acceptors (Lipinski definition) is 2. The van der Waals surface area contributed by atoms with Crippen LogP contribution in [0, 0.1) is 0 Å². The molecule has 0 spiro atoms. The van der Waals surface area contributed by atoms with E-state index in [1.807, 2.05) is 36.5 Å². The third-order valence-corrected chi connectivity index (χ3v) is 2.27. The van der Waals surface area contributed by atoms with Gasteiger partial charge in [-0.2, -0.15) is 0 Å². The van der Waals surface area contributed by atoms with Crippen LogP contribution in [0.3, 0.4) is 0 Å². The van der Waals surface area contributed by atoms with Crippen molar-refractivity contribution >= 4 is 0 Å². The Morgan fingerprint density at radius 3 is 2.47 bits per heavy atom. The summed E-state index contributed by atoms with van der Waals surface area (Å²) in [5.74, 6) is 0.889. The van der Waals surface area contributed by atoms with Crippen LogP contribution >= 0.6 is 0 Å². The van der Waals surface area contributed by atoms with Crippen LogP contribution in [0.4, 0.5) is 0 Å². The Morgan fingerprint density at radius 2 is 1.87 bits per heavy atom. The molecule has 0 aliphatic heterocycles. The minimum absolute atomic E-state index is 0.866. The average Bonchev–Trinajstić information content (AvgIpc) is 2.31. The molecule has 0 aliphatic rings. The van der Waals surface area contributed by atoms with Gasteiger partial charge in [0.2, 0.25) is 0 Å². The predicted molar refractivity (Wildman–Crippen MR) is 60.0 cm³/mol. The van der Waals surface area contributed by atoms with Crippen molar-refractivity contribution in [1.82, 2.24) is 4.98 Å². The summed E-state index contributed by atoms with van der Waals surface area (Å²) in [6.07, 6.45) is 2.68. The first-order chi connectivity index (χ1) is 7.38. The van der Waals surface area contributed by atoms with E-state index in [1.54, 1.807) is 7.11 Å². The summed E-state index contributed by atoms with van der Waals surface area (Å²) in [6.45, 7) is 0. The maximum absolute atomic E-state index is 5.10. The average molecular weight is 199 g/mol. The molecule has 2 nitrogen and oxygen atoms in total. The van der Waals surface area contributed by atoms with E-state index in [1.165, 1.54) is 5.56 Å². The maximum atomic E-state index is 5.10. The Labute approximate surface area is 89.6 Å². The van der Waals surface area contributed by atoms with Crippen molar-refractivity contribution in [3.05, 3.63) is 59.9 Å². The van der Waals surface area contributed by atoms with Gasteiger partial charge in [0.1, 0.15) is 5.75 Å². The zero-order valence-corrected chi connectivity index (χ0v) is 8.68. The minimum Gasteiger partial charge on any atom is -0.497 e. The molecule has 76 valence electrons. The highest BCUT2D eigenvalue weighted by atomic mass is 16.5. The fourth-order valence-corrected chi connectivity index (χ4v) is 1.46. The number of pyridine rings is 1. The second-order valence-corrected chi connectivity index (χ2v) is 3.35. The molecule has 0 bridgehead atoms. The van der Waals surface area contributed by atoms with Gasteiger partial charge in [-0.05, 0) is 29.8 Å². The number of nitrogens with zero attached hydrogens (tertiary/aromatic N) is 1. The number of rotatable bonds is 3. The van der Waals surface area contributed by atoms with Crippen LogP contribution in [0.2, 0.25) is 0 Å². The van der Waals surface area contributed by atoms with Crippen LogP contribution in [-0.4, -0.2) is 12.1 Å². The Balaban J connectivity index is 2.11. The molecule has 0 amide bonds. The van der Waals surface area contributed by atoms with E-state index in [2.05, 4.69) is 17.1 Å². The van der Waals surface area contributed by atoms with Gasteiger partial charge in [0, 0.05) is 18.3 Å². The molecule has 2 rings (SSSR count). The van der Waals surface area contributed by atoms with Crippen molar-refractivity contribution in [2.45, 2.75) is 6.42 Å². The second kappa shape index (κ2) is 4.60. The zero-order valence-electron chi connectivity index (χ0n) is 8.68. The Hall–Kier alpha value is -1.83. The van der Waals surface area contributed by atoms with Gasteiger partial charge >= 0.3 is 0 Å². The van der Waals surface area contributed by atoms with Crippen molar-refractivity contribution in [3.8, 4) is 5.75 Å². The van der Waals surface area contributed by atoms with Gasteiger partial charge in [-0.1, -0.05) is 18.2 Å². The van der Waals surface area contributed by atoms with Gasteiger partial charge in [-0.25, -0.2) is 0 Å². The third-order valence-electron chi connectivity index (χ3n) is 2.27. The summed E-state index contributed by atoms with van der Waals surface area (Å²) in [6, 6.07) is 14.0. The lowest BCUT2D eigenvalue weighted by molar-refractivity contribution is 0.414. The molecule has 1 aromatic heterocycles. The van der Waals surface area contributed by atoms with Gasteiger partial charge in [-0.15, -0.1) is 0 Å². The van der Waals surface area contributed by atoms with Crippen molar-refractivity contribution in [3.63, 3.8) is 0 Å². The van der Waals surface area contributed by atoms with Crippen molar-refractivity contribution < 1.29 is 4.74 Å². The van der Waals surface area contributed by atoms with E-state index in [-0.39, 0.29) is 0 Å². The highest BCUT2D eigenvalue weighted by Gasteiger charge is 1.97. The van der Waals surface area contributed by atoms with Crippen molar-refractivity contribution in [2.24, 2.45) is 0 Å². The molecule has 1 heterocycles. The summed E-state index contributed by atoms with van der Waals surface area (Å²) in [4.78, 5) is 4.29. The molecule has 0 radical (unpaired) electrons. The van der Waals surface area contributed by atoms with Gasteiger partial charge < -0.3 is 4.74 Å². The fourth-order valence-electron chi connectivity index (χ4n) is 1.46. The Kier molecular flexibility index (Phi) is 2.98. The van der Waals surface area contributed by atoms with Gasteiger partial charge in [0.15, 0.2) is 0 Å². The number of methoxy groups -OCH3 is 1. The monoisotopic (exact) mass is 199 g/mol. The van der Waals surface area contributed by atoms with Crippen molar-refractivity contribution in [1.29, 1.82) is 0 Å².